The minimum Gasteiger partial charge on any atom is -0.392 e. The highest BCUT2D eigenvalue weighted by molar-refractivity contribution is 5.13. The molecule has 0 unspecified atom stereocenters. The molecule has 0 amide bonds. The second-order valence-corrected chi connectivity index (χ2v) is 2.65. The summed E-state index contributed by atoms with van der Waals surface area (Å²) < 4.78 is 5.32. The van der Waals surface area contributed by atoms with Crippen LogP contribution in [-0.4, -0.2) is 18.3 Å². The van der Waals surface area contributed by atoms with E-state index in [0.29, 0.717) is 13.2 Å². The first-order chi connectivity index (χ1) is 6.43. The zero-order valence-corrected chi connectivity index (χ0v) is 7.52. The Morgan fingerprint density at radius 2 is 1.92 bits per heavy atom. The third-order valence-corrected chi connectivity index (χ3v) is 1.60. The van der Waals surface area contributed by atoms with E-state index >= 15 is 0 Å². The first kappa shape index (κ1) is 9.96. The molecule has 2 nitrogen and oxygen atoms in total. The number of ether oxygens (including phenoxy) is 1. The molecule has 0 fully saturated rings. The van der Waals surface area contributed by atoms with Gasteiger partial charge in [0.2, 0.25) is 0 Å². The lowest BCUT2D eigenvalue weighted by Crippen LogP contribution is -1.92. The van der Waals surface area contributed by atoms with Crippen LogP contribution in [0.25, 0.3) is 0 Å². The smallest absolute Gasteiger partial charge is 0.0721 e. The van der Waals surface area contributed by atoms with Gasteiger partial charge in [-0.1, -0.05) is 42.5 Å². The summed E-state index contributed by atoms with van der Waals surface area (Å²) in [6, 6.07) is 10.0. The zero-order valence-electron chi connectivity index (χ0n) is 7.52. The molecule has 0 aromatic heterocycles. The summed E-state index contributed by atoms with van der Waals surface area (Å²) in [5, 5.41) is 8.44. The van der Waals surface area contributed by atoms with Crippen molar-refractivity contribution in [3.8, 4) is 0 Å². The Hall–Kier alpha value is -1.12. The summed E-state index contributed by atoms with van der Waals surface area (Å²) in [5.74, 6) is 0. The highest BCUT2D eigenvalue weighted by atomic mass is 16.5. The summed E-state index contributed by atoms with van der Waals surface area (Å²) in [6.07, 6.45) is 3.48. The molecule has 1 rings (SSSR count). The van der Waals surface area contributed by atoms with Gasteiger partial charge in [0.25, 0.3) is 0 Å². The van der Waals surface area contributed by atoms with Crippen LogP contribution in [0.15, 0.2) is 42.5 Å². The van der Waals surface area contributed by atoms with Crippen molar-refractivity contribution in [2.24, 2.45) is 0 Å². The number of rotatable bonds is 5. The molecular weight excluding hydrogens is 165 g/mol. The van der Waals surface area contributed by atoms with E-state index in [1.807, 2.05) is 36.4 Å². The lowest BCUT2D eigenvalue weighted by atomic mass is 10.2. The zero-order chi connectivity index (χ0) is 9.36. The van der Waals surface area contributed by atoms with Crippen LogP contribution in [0.4, 0.5) is 0 Å². The van der Waals surface area contributed by atoms with E-state index in [4.69, 9.17) is 9.84 Å². The van der Waals surface area contributed by atoms with Crippen molar-refractivity contribution < 1.29 is 9.84 Å². The van der Waals surface area contributed by atoms with E-state index in [0.717, 1.165) is 0 Å². The van der Waals surface area contributed by atoms with Crippen LogP contribution in [0.1, 0.15) is 5.56 Å². The monoisotopic (exact) mass is 179 g/mol. The van der Waals surface area contributed by atoms with Gasteiger partial charge in [0.15, 0.2) is 0 Å². The van der Waals surface area contributed by atoms with Crippen LogP contribution < -0.4 is 0 Å². The van der Waals surface area contributed by atoms with Crippen LogP contribution in [0.5, 0.6) is 0 Å². The molecule has 0 spiro atoms. The molecule has 0 bridgehead atoms. The Kier molecular flexibility index (Phi) is 4.91. The lowest BCUT2D eigenvalue weighted by molar-refractivity contribution is 0.148. The van der Waals surface area contributed by atoms with Crippen molar-refractivity contribution in [2.45, 2.75) is 6.61 Å². The fourth-order valence-electron chi connectivity index (χ4n) is 0.962. The first-order valence-corrected chi connectivity index (χ1v) is 4.31. The van der Waals surface area contributed by atoms with Crippen molar-refractivity contribution in [2.75, 3.05) is 13.2 Å². The van der Waals surface area contributed by atoms with Crippen molar-refractivity contribution in [3.05, 3.63) is 48.0 Å². The number of benzene rings is 1. The van der Waals surface area contributed by atoms with Gasteiger partial charge < -0.3 is 9.84 Å². The van der Waals surface area contributed by atoms with Crippen LogP contribution in [0.3, 0.4) is 0 Å². The highest BCUT2D eigenvalue weighted by Crippen LogP contribution is 1.99. The predicted octanol–water partition coefficient (Wildman–Crippen LogP) is 1.75. The summed E-state index contributed by atoms with van der Waals surface area (Å²) >= 11 is 0. The third-order valence-electron chi connectivity index (χ3n) is 1.60. The topological polar surface area (TPSA) is 29.5 Å². The van der Waals surface area contributed by atoms with Crippen LogP contribution in [-0.2, 0) is 11.3 Å². The largest absolute Gasteiger partial charge is 0.392 e. The molecular formula is C11H14O2. The maximum atomic E-state index is 8.44. The summed E-state index contributed by atoms with van der Waals surface area (Å²) in [7, 11) is 0. The first-order valence-electron chi connectivity index (χ1n) is 4.31. The van der Waals surface area contributed by atoms with Crippen molar-refractivity contribution in [1.82, 2.24) is 0 Å². The molecule has 2 heteroatoms. The molecule has 0 radical (unpaired) electrons. The highest BCUT2D eigenvalue weighted by Gasteiger charge is 1.88. The van der Waals surface area contributed by atoms with Crippen LogP contribution >= 0.6 is 0 Å². The molecule has 0 saturated heterocycles. The molecule has 0 aliphatic rings. The Morgan fingerprint density at radius 3 is 2.62 bits per heavy atom. The predicted molar refractivity (Wildman–Crippen MR) is 52.3 cm³/mol. The van der Waals surface area contributed by atoms with E-state index in [2.05, 4.69) is 0 Å². The molecule has 0 saturated carbocycles. The van der Waals surface area contributed by atoms with Crippen molar-refractivity contribution >= 4 is 0 Å². The van der Waals surface area contributed by atoms with Crippen LogP contribution in [0.2, 0.25) is 0 Å². The molecule has 1 N–H and O–H groups in total. The van der Waals surface area contributed by atoms with Gasteiger partial charge in [-0.3, -0.25) is 0 Å². The Labute approximate surface area is 78.5 Å². The van der Waals surface area contributed by atoms with Gasteiger partial charge in [0, 0.05) is 0 Å². The maximum absolute atomic E-state index is 8.44. The molecule has 0 aliphatic heterocycles. The maximum Gasteiger partial charge on any atom is 0.0721 e. The summed E-state index contributed by atoms with van der Waals surface area (Å²) in [4.78, 5) is 0. The van der Waals surface area contributed by atoms with E-state index in [1.165, 1.54) is 5.56 Å². The van der Waals surface area contributed by atoms with E-state index < -0.39 is 0 Å². The number of hydrogen-bond acceptors (Lipinski definition) is 2. The van der Waals surface area contributed by atoms with Gasteiger partial charge in [-0.05, 0) is 5.56 Å². The fraction of sp³-hybridized carbons (Fsp3) is 0.273. The minimum atomic E-state index is 0.0781. The van der Waals surface area contributed by atoms with Gasteiger partial charge in [-0.25, -0.2) is 0 Å². The van der Waals surface area contributed by atoms with Gasteiger partial charge in [0.05, 0.1) is 19.8 Å². The third kappa shape index (κ3) is 4.45. The molecule has 1 aromatic carbocycles. The Morgan fingerprint density at radius 1 is 1.15 bits per heavy atom. The van der Waals surface area contributed by atoms with Gasteiger partial charge in [-0.15, -0.1) is 0 Å². The van der Waals surface area contributed by atoms with Crippen molar-refractivity contribution in [3.63, 3.8) is 0 Å². The van der Waals surface area contributed by atoms with Gasteiger partial charge in [0.1, 0.15) is 0 Å². The number of hydrogen-bond donors (Lipinski definition) is 1. The molecule has 13 heavy (non-hydrogen) atoms. The average molecular weight is 179 g/mol. The summed E-state index contributed by atoms with van der Waals surface area (Å²) in [6.45, 7) is 1.25. The number of aliphatic hydroxyl groups excluding tert-OH is 1. The normalized spacial score (nSPS) is 10.8. The summed E-state index contributed by atoms with van der Waals surface area (Å²) in [5.41, 5.74) is 1.17. The van der Waals surface area contributed by atoms with E-state index in [9.17, 15) is 0 Å². The standard InChI is InChI=1S/C11H14O2/c12-8-4-5-9-13-10-11-6-2-1-3-7-11/h1-7,12H,8-10H2/b5-4+/i9+1. The number of aliphatic hydroxyl groups is 1. The fourth-order valence-corrected chi connectivity index (χ4v) is 0.962. The van der Waals surface area contributed by atoms with Crippen LogP contribution in [0, 0.1) is 0 Å². The second kappa shape index (κ2) is 6.40. The quantitative estimate of drug-likeness (QED) is 0.424. The Bertz CT molecular complexity index is 242. The average Bonchev–Trinajstić information content (AvgIpc) is 2.19. The van der Waals surface area contributed by atoms with E-state index in [1.54, 1.807) is 6.08 Å². The Balaban J connectivity index is 2.17. The molecule has 70 valence electrons. The van der Waals surface area contributed by atoms with Gasteiger partial charge >= 0.3 is 0 Å². The molecule has 0 atom stereocenters. The molecule has 0 heterocycles. The van der Waals surface area contributed by atoms with Crippen molar-refractivity contribution in [1.29, 1.82) is 0 Å². The molecule has 0 aliphatic carbocycles. The van der Waals surface area contributed by atoms with E-state index in [-0.39, 0.29) is 6.61 Å². The SMILES string of the molecule is OC/C=C/[13CH2]OCc1ccccc1. The lowest BCUT2D eigenvalue weighted by Gasteiger charge is -2.00. The second-order valence-electron chi connectivity index (χ2n) is 2.65. The minimum absolute atomic E-state index is 0.0781. The van der Waals surface area contributed by atoms with Gasteiger partial charge in [-0.2, -0.15) is 0 Å². The molecule has 1 aromatic rings.